The number of aromatic nitrogens is 2. The molecule has 1 aromatic heterocycles. The fourth-order valence-electron chi connectivity index (χ4n) is 1.49. The number of carboxylic acid groups (broad SMARTS) is 1. The van der Waals surface area contributed by atoms with Crippen LogP contribution >= 0.6 is 0 Å². The lowest BCUT2D eigenvalue weighted by Crippen LogP contribution is -1.94. The summed E-state index contributed by atoms with van der Waals surface area (Å²) < 4.78 is 1.72. The highest BCUT2D eigenvalue weighted by molar-refractivity contribution is 5.87. The number of benzene rings is 1. The van der Waals surface area contributed by atoms with Crippen molar-refractivity contribution in [3.63, 3.8) is 0 Å². The van der Waals surface area contributed by atoms with Gasteiger partial charge in [-0.1, -0.05) is 11.8 Å². The Balaban J connectivity index is 2.03. The van der Waals surface area contributed by atoms with E-state index < -0.39 is 5.97 Å². The van der Waals surface area contributed by atoms with Crippen molar-refractivity contribution in [1.82, 2.24) is 9.78 Å². The van der Waals surface area contributed by atoms with Gasteiger partial charge in [-0.15, -0.1) is 0 Å². The Kier molecular flexibility index (Phi) is 3.79. The molecule has 0 radical (unpaired) electrons. The second kappa shape index (κ2) is 5.69. The van der Waals surface area contributed by atoms with Crippen LogP contribution < -0.4 is 0 Å². The van der Waals surface area contributed by atoms with Gasteiger partial charge in [0.2, 0.25) is 0 Å². The third-order valence-corrected chi connectivity index (χ3v) is 2.43. The topological polar surface area (TPSA) is 55.1 Å². The van der Waals surface area contributed by atoms with Gasteiger partial charge in [-0.3, -0.25) is 4.68 Å². The summed E-state index contributed by atoms with van der Waals surface area (Å²) in [4.78, 5) is 10.7. The molecule has 94 valence electrons. The Morgan fingerprint density at radius 2 is 2.11 bits per heavy atom. The molecule has 1 N–H and O–H groups in total. The third-order valence-electron chi connectivity index (χ3n) is 2.43. The number of hydrogen-bond acceptors (Lipinski definition) is 2. The van der Waals surface area contributed by atoms with Crippen LogP contribution in [0.25, 0.3) is 6.08 Å². The molecule has 1 heterocycles. The van der Waals surface area contributed by atoms with E-state index in [1.165, 1.54) is 12.1 Å². The van der Waals surface area contributed by atoms with E-state index in [0.29, 0.717) is 0 Å². The molecule has 0 saturated heterocycles. The summed E-state index contributed by atoms with van der Waals surface area (Å²) in [6.07, 6.45) is 7.24. The highest BCUT2D eigenvalue weighted by atomic mass is 16.4. The van der Waals surface area contributed by atoms with Gasteiger partial charge < -0.3 is 5.11 Å². The zero-order valence-corrected chi connectivity index (χ0v) is 10.4. The number of hydrogen-bond donors (Lipinski definition) is 1. The van der Waals surface area contributed by atoms with Crippen LogP contribution in [0.3, 0.4) is 0 Å². The van der Waals surface area contributed by atoms with Crippen LogP contribution in [0.4, 0.5) is 0 Å². The molecule has 0 amide bonds. The van der Waals surface area contributed by atoms with E-state index in [1.807, 2.05) is 19.3 Å². The van der Waals surface area contributed by atoms with Crippen LogP contribution in [0.2, 0.25) is 0 Å². The number of allylic oxidation sites excluding steroid dienone is 1. The molecule has 0 atom stereocenters. The van der Waals surface area contributed by atoms with E-state index in [0.717, 1.165) is 11.1 Å². The van der Waals surface area contributed by atoms with Gasteiger partial charge in [0, 0.05) is 24.4 Å². The molecule has 0 fully saturated rings. The third kappa shape index (κ3) is 3.58. The lowest BCUT2D eigenvalue weighted by atomic mass is 10.1. The van der Waals surface area contributed by atoms with E-state index in [-0.39, 0.29) is 5.56 Å². The molecule has 0 aliphatic rings. The largest absolute Gasteiger partial charge is 0.478 e. The molecule has 2 aromatic rings. The predicted molar refractivity (Wildman–Crippen MR) is 72.5 cm³/mol. The number of nitrogens with zero attached hydrogens (tertiary/aromatic N) is 2. The van der Waals surface area contributed by atoms with Crippen molar-refractivity contribution in [2.45, 2.75) is 0 Å². The quantitative estimate of drug-likeness (QED) is 0.833. The maximum absolute atomic E-state index is 10.7. The van der Waals surface area contributed by atoms with Crippen LogP contribution in [-0.2, 0) is 7.05 Å². The van der Waals surface area contributed by atoms with Crippen molar-refractivity contribution in [2.75, 3.05) is 0 Å². The molecular weight excluding hydrogens is 240 g/mol. The van der Waals surface area contributed by atoms with E-state index in [4.69, 9.17) is 5.11 Å². The van der Waals surface area contributed by atoms with Gasteiger partial charge in [-0.05, 0) is 36.4 Å². The SMILES string of the molecule is Cn1cc(/C=C/C#Cc2ccc(C(=O)O)cc2)cn1. The Bertz CT molecular complexity index is 670. The van der Waals surface area contributed by atoms with E-state index in [2.05, 4.69) is 16.9 Å². The van der Waals surface area contributed by atoms with Gasteiger partial charge >= 0.3 is 5.97 Å². The highest BCUT2D eigenvalue weighted by Gasteiger charge is 1.99. The predicted octanol–water partition coefficient (Wildman–Crippen LogP) is 2.18. The van der Waals surface area contributed by atoms with Gasteiger partial charge in [0.05, 0.1) is 11.8 Å². The first-order valence-electron chi connectivity index (χ1n) is 5.65. The molecule has 0 saturated carbocycles. The minimum Gasteiger partial charge on any atom is -0.478 e. The molecule has 19 heavy (non-hydrogen) atoms. The lowest BCUT2D eigenvalue weighted by molar-refractivity contribution is 0.0697. The minimum atomic E-state index is -0.934. The molecule has 4 nitrogen and oxygen atoms in total. The first-order chi connectivity index (χ1) is 9.15. The zero-order chi connectivity index (χ0) is 13.7. The van der Waals surface area contributed by atoms with Crippen LogP contribution in [-0.4, -0.2) is 20.9 Å². The fraction of sp³-hybridized carbons (Fsp3) is 0.0667. The summed E-state index contributed by atoms with van der Waals surface area (Å²) >= 11 is 0. The van der Waals surface area contributed by atoms with E-state index >= 15 is 0 Å². The number of aryl methyl sites for hydroxylation is 1. The molecule has 4 heteroatoms. The standard InChI is InChI=1S/C15H12N2O2/c1-17-11-13(10-16-17)5-3-2-4-12-6-8-14(9-7-12)15(18)19/h3,5-11H,1H3,(H,18,19)/b5-3+. The van der Waals surface area contributed by atoms with Crippen molar-refractivity contribution in [3.05, 3.63) is 59.4 Å². The summed E-state index contributed by atoms with van der Waals surface area (Å²) in [6, 6.07) is 6.46. The van der Waals surface area contributed by atoms with Crippen LogP contribution in [0.15, 0.2) is 42.7 Å². The zero-order valence-electron chi connectivity index (χ0n) is 10.4. The van der Waals surface area contributed by atoms with Crippen molar-refractivity contribution in [3.8, 4) is 11.8 Å². The van der Waals surface area contributed by atoms with Crippen LogP contribution in [0.1, 0.15) is 21.5 Å². The first-order valence-corrected chi connectivity index (χ1v) is 5.65. The molecule has 0 aliphatic carbocycles. The van der Waals surface area contributed by atoms with E-state index in [1.54, 1.807) is 29.1 Å². The lowest BCUT2D eigenvalue weighted by Gasteiger charge is -1.92. The highest BCUT2D eigenvalue weighted by Crippen LogP contribution is 2.03. The average molecular weight is 252 g/mol. The van der Waals surface area contributed by atoms with Crippen molar-refractivity contribution in [2.24, 2.45) is 7.05 Å². The summed E-state index contributed by atoms with van der Waals surface area (Å²) in [5, 5.41) is 12.8. The van der Waals surface area contributed by atoms with Crippen LogP contribution in [0, 0.1) is 11.8 Å². The summed E-state index contributed by atoms with van der Waals surface area (Å²) in [5.41, 5.74) is 2.02. The van der Waals surface area contributed by atoms with Crippen molar-refractivity contribution < 1.29 is 9.90 Å². The molecule has 2 rings (SSSR count). The smallest absolute Gasteiger partial charge is 0.335 e. The Labute approximate surface area is 111 Å². The molecule has 1 aromatic carbocycles. The number of rotatable bonds is 2. The number of carboxylic acids is 1. The number of carbonyl (C=O) groups is 1. The average Bonchev–Trinajstić information content (AvgIpc) is 2.81. The molecular formula is C15H12N2O2. The van der Waals surface area contributed by atoms with Gasteiger partial charge in [0.25, 0.3) is 0 Å². The second-order valence-corrected chi connectivity index (χ2v) is 3.93. The maximum atomic E-state index is 10.7. The molecule has 0 unspecified atom stereocenters. The second-order valence-electron chi connectivity index (χ2n) is 3.93. The minimum absolute atomic E-state index is 0.261. The van der Waals surface area contributed by atoms with Crippen molar-refractivity contribution >= 4 is 12.0 Å². The van der Waals surface area contributed by atoms with Gasteiger partial charge in [0.15, 0.2) is 0 Å². The van der Waals surface area contributed by atoms with Crippen LogP contribution in [0.5, 0.6) is 0 Å². The Hall–Kier alpha value is -2.80. The van der Waals surface area contributed by atoms with Gasteiger partial charge in [0.1, 0.15) is 0 Å². The van der Waals surface area contributed by atoms with Crippen molar-refractivity contribution in [1.29, 1.82) is 0 Å². The first kappa shape index (κ1) is 12.7. The van der Waals surface area contributed by atoms with Gasteiger partial charge in [-0.25, -0.2) is 4.79 Å². The van der Waals surface area contributed by atoms with E-state index in [9.17, 15) is 4.79 Å². The fourth-order valence-corrected chi connectivity index (χ4v) is 1.49. The monoisotopic (exact) mass is 252 g/mol. The summed E-state index contributed by atoms with van der Waals surface area (Å²) in [7, 11) is 1.85. The normalized spacial score (nSPS) is 10.2. The molecule has 0 spiro atoms. The maximum Gasteiger partial charge on any atom is 0.335 e. The van der Waals surface area contributed by atoms with Gasteiger partial charge in [-0.2, -0.15) is 5.10 Å². The summed E-state index contributed by atoms with van der Waals surface area (Å²) in [5.74, 6) is 4.89. The number of aromatic carboxylic acids is 1. The Morgan fingerprint density at radius 1 is 1.37 bits per heavy atom. The molecule has 0 aliphatic heterocycles. The summed E-state index contributed by atoms with van der Waals surface area (Å²) in [6.45, 7) is 0. The molecule has 0 bridgehead atoms. The Morgan fingerprint density at radius 3 is 2.68 bits per heavy atom.